The second kappa shape index (κ2) is 5.27. The molecule has 0 saturated heterocycles. The lowest BCUT2D eigenvalue weighted by molar-refractivity contribution is 0.0848. The van der Waals surface area contributed by atoms with Gasteiger partial charge in [0.1, 0.15) is 6.61 Å². The minimum absolute atomic E-state index is 0.0234. The molecule has 3 rings (SSSR count). The first kappa shape index (κ1) is 12.6. The van der Waals surface area contributed by atoms with Gasteiger partial charge in [0.15, 0.2) is 5.78 Å². The summed E-state index contributed by atoms with van der Waals surface area (Å²) in [6.45, 7) is 0.102. The van der Waals surface area contributed by atoms with Gasteiger partial charge in [-0.1, -0.05) is 18.2 Å². The first-order valence-electron chi connectivity index (χ1n) is 6.35. The fourth-order valence-corrected chi connectivity index (χ4v) is 2.11. The van der Waals surface area contributed by atoms with Crippen molar-refractivity contribution < 1.29 is 9.53 Å². The number of rotatable bonds is 4. The Bertz CT molecular complexity index is 712. The van der Waals surface area contributed by atoms with Crippen LogP contribution in [0, 0.1) is 0 Å². The molecule has 0 aliphatic heterocycles. The van der Waals surface area contributed by atoms with Crippen molar-refractivity contribution in [1.29, 1.82) is 0 Å². The maximum Gasteiger partial charge on any atom is 0.188 e. The number of carbonyl (C=O) groups excluding carboxylic acids is 1. The van der Waals surface area contributed by atoms with Gasteiger partial charge in [-0.15, -0.1) is 0 Å². The third kappa shape index (κ3) is 2.33. The van der Waals surface area contributed by atoms with Crippen LogP contribution in [0.15, 0.2) is 54.7 Å². The van der Waals surface area contributed by atoms with Crippen LogP contribution < -0.4 is 0 Å². The summed E-state index contributed by atoms with van der Waals surface area (Å²) in [5.41, 5.74) is 2.52. The molecule has 0 bridgehead atoms. The lowest BCUT2D eigenvalue weighted by Gasteiger charge is -2.03. The molecule has 1 aromatic heterocycles. The lowest BCUT2D eigenvalue weighted by atomic mass is 10.1. The number of methoxy groups -OCH3 is 1. The zero-order chi connectivity index (χ0) is 13.9. The average molecular weight is 266 g/mol. The zero-order valence-electron chi connectivity index (χ0n) is 11.1. The second-order valence-corrected chi connectivity index (χ2v) is 4.54. The maximum absolute atomic E-state index is 11.7. The molecule has 100 valence electrons. The Morgan fingerprint density at radius 3 is 2.60 bits per heavy atom. The number of fused-ring (bicyclic) bond motifs is 1. The topological polar surface area (TPSA) is 44.1 Å². The van der Waals surface area contributed by atoms with Crippen LogP contribution in [0.1, 0.15) is 10.4 Å². The van der Waals surface area contributed by atoms with Gasteiger partial charge in [-0.05, 0) is 30.3 Å². The van der Waals surface area contributed by atoms with Crippen LogP contribution in [-0.2, 0) is 4.74 Å². The smallest absolute Gasteiger partial charge is 0.188 e. The van der Waals surface area contributed by atoms with E-state index in [4.69, 9.17) is 4.74 Å². The van der Waals surface area contributed by atoms with Crippen LogP contribution in [-0.4, -0.2) is 29.3 Å². The molecule has 1 heterocycles. The van der Waals surface area contributed by atoms with Crippen LogP contribution in [0.25, 0.3) is 16.6 Å². The average Bonchev–Trinajstić information content (AvgIpc) is 2.91. The standard InChI is InChI=1S/C16H14N2O2/c1-20-11-16(19)12-6-8-14(9-7-12)18-10-13-4-2-3-5-15(13)17-18/h2-10H,11H2,1H3. The van der Waals surface area contributed by atoms with E-state index < -0.39 is 0 Å². The highest BCUT2D eigenvalue weighted by Gasteiger charge is 2.06. The molecule has 0 aliphatic carbocycles. The first-order valence-corrected chi connectivity index (χ1v) is 6.35. The molecule has 20 heavy (non-hydrogen) atoms. The van der Waals surface area contributed by atoms with E-state index in [9.17, 15) is 4.79 Å². The molecule has 0 unspecified atom stereocenters. The quantitative estimate of drug-likeness (QED) is 0.682. The molecule has 0 spiro atoms. The van der Waals surface area contributed by atoms with Gasteiger partial charge < -0.3 is 4.74 Å². The number of hydrogen-bond acceptors (Lipinski definition) is 3. The van der Waals surface area contributed by atoms with E-state index in [-0.39, 0.29) is 12.4 Å². The fraction of sp³-hybridized carbons (Fsp3) is 0.125. The Morgan fingerprint density at radius 1 is 1.15 bits per heavy atom. The van der Waals surface area contributed by atoms with Crippen molar-refractivity contribution in [2.24, 2.45) is 0 Å². The van der Waals surface area contributed by atoms with Crippen molar-refractivity contribution in [2.75, 3.05) is 13.7 Å². The highest BCUT2D eigenvalue weighted by molar-refractivity contribution is 5.97. The van der Waals surface area contributed by atoms with Crippen molar-refractivity contribution in [2.45, 2.75) is 0 Å². The van der Waals surface area contributed by atoms with E-state index in [1.165, 1.54) is 7.11 Å². The molecule has 4 nitrogen and oxygen atoms in total. The van der Waals surface area contributed by atoms with Crippen LogP contribution in [0.4, 0.5) is 0 Å². The van der Waals surface area contributed by atoms with Crippen LogP contribution in [0.3, 0.4) is 0 Å². The Hall–Kier alpha value is -2.46. The van der Waals surface area contributed by atoms with E-state index in [1.807, 2.05) is 47.3 Å². The zero-order valence-corrected chi connectivity index (χ0v) is 11.1. The number of nitrogens with zero attached hydrogens (tertiary/aromatic N) is 2. The third-order valence-corrected chi connectivity index (χ3v) is 3.14. The molecule has 0 fully saturated rings. The van der Waals surface area contributed by atoms with Crippen molar-refractivity contribution in [3.8, 4) is 5.69 Å². The van der Waals surface area contributed by atoms with Crippen molar-refractivity contribution in [3.63, 3.8) is 0 Å². The van der Waals surface area contributed by atoms with Gasteiger partial charge in [0.05, 0.1) is 11.2 Å². The highest BCUT2D eigenvalue weighted by atomic mass is 16.5. The maximum atomic E-state index is 11.7. The number of carbonyl (C=O) groups is 1. The number of ketones is 1. The normalized spacial score (nSPS) is 10.8. The molecule has 0 atom stereocenters. The molecular weight excluding hydrogens is 252 g/mol. The summed E-state index contributed by atoms with van der Waals surface area (Å²) in [6.07, 6.45) is 1.97. The summed E-state index contributed by atoms with van der Waals surface area (Å²) in [5, 5.41) is 5.59. The van der Waals surface area contributed by atoms with E-state index in [0.29, 0.717) is 5.56 Å². The Morgan fingerprint density at radius 2 is 1.90 bits per heavy atom. The predicted octanol–water partition coefficient (Wildman–Crippen LogP) is 2.85. The Balaban J connectivity index is 1.92. The van der Waals surface area contributed by atoms with Gasteiger partial charge in [0.25, 0.3) is 0 Å². The summed E-state index contributed by atoms with van der Waals surface area (Å²) in [6, 6.07) is 15.3. The number of benzene rings is 2. The SMILES string of the molecule is COCC(=O)c1ccc(-n2cc3ccccc3n2)cc1. The van der Waals surface area contributed by atoms with Gasteiger partial charge >= 0.3 is 0 Å². The summed E-state index contributed by atoms with van der Waals surface area (Å²) >= 11 is 0. The highest BCUT2D eigenvalue weighted by Crippen LogP contribution is 2.16. The van der Waals surface area contributed by atoms with E-state index in [1.54, 1.807) is 12.1 Å². The summed E-state index contributed by atoms with van der Waals surface area (Å²) in [5.74, 6) is -0.0234. The largest absolute Gasteiger partial charge is 0.377 e. The number of aromatic nitrogens is 2. The van der Waals surface area contributed by atoms with E-state index in [2.05, 4.69) is 5.10 Å². The molecule has 0 amide bonds. The van der Waals surface area contributed by atoms with Crippen LogP contribution in [0.5, 0.6) is 0 Å². The molecule has 0 radical (unpaired) electrons. The molecule has 0 N–H and O–H groups in total. The van der Waals surface area contributed by atoms with Crippen molar-refractivity contribution >= 4 is 16.7 Å². The predicted molar refractivity (Wildman–Crippen MR) is 77.3 cm³/mol. The monoisotopic (exact) mass is 266 g/mol. The molecule has 2 aromatic carbocycles. The first-order chi connectivity index (χ1) is 9.78. The second-order valence-electron chi connectivity index (χ2n) is 4.54. The van der Waals surface area contributed by atoms with Gasteiger partial charge in [-0.25, -0.2) is 4.68 Å². The minimum atomic E-state index is -0.0234. The van der Waals surface area contributed by atoms with Gasteiger partial charge in [-0.3, -0.25) is 4.79 Å². The van der Waals surface area contributed by atoms with Crippen molar-refractivity contribution in [1.82, 2.24) is 9.78 Å². The summed E-state index contributed by atoms with van der Waals surface area (Å²) < 4.78 is 6.66. The molecule has 0 saturated carbocycles. The van der Waals surface area contributed by atoms with Crippen LogP contribution in [0.2, 0.25) is 0 Å². The van der Waals surface area contributed by atoms with Crippen LogP contribution >= 0.6 is 0 Å². The Kier molecular flexibility index (Phi) is 3.31. The van der Waals surface area contributed by atoms with E-state index >= 15 is 0 Å². The summed E-state index contributed by atoms with van der Waals surface area (Å²) in [7, 11) is 1.52. The molecule has 3 aromatic rings. The lowest BCUT2D eigenvalue weighted by Crippen LogP contribution is -2.07. The minimum Gasteiger partial charge on any atom is -0.377 e. The molecular formula is C16H14N2O2. The molecule has 4 heteroatoms. The summed E-state index contributed by atoms with van der Waals surface area (Å²) in [4.78, 5) is 11.7. The number of Topliss-reactive ketones (excluding diaryl/α,β-unsaturated/α-hetero) is 1. The van der Waals surface area contributed by atoms with Gasteiger partial charge in [0, 0.05) is 24.3 Å². The van der Waals surface area contributed by atoms with Crippen molar-refractivity contribution in [3.05, 3.63) is 60.3 Å². The number of hydrogen-bond donors (Lipinski definition) is 0. The number of ether oxygens (including phenoxy) is 1. The molecule has 0 aliphatic rings. The van der Waals surface area contributed by atoms with E-state index in [0.717, 1.165) is 16.6 Å². The Labute approximate surface area is 116 Å². The fourth-order valence-electron chi connectivity index (χ4n) is 2.11. The third-order valence-electron chi connectivity index (χ3n) is 3.14. The van der Waals surface area contributed by atoms with Gasteiger partial charge in [-0.2, -0.15) is 5.10 Å². The van der Waals surface area contributed by atoms with Gasteiger partial charge in [0.2, 0.25) is 0 Å².